The van der Waals surface area contributed by atoms with Gasteiger partial charge in [0.25, 0.3) is 5.91 Å². The van der Waals surface area contributed by atoms with Gasteiger partial charge in [0.2, 0.25) is 0 Å². The second kappa shape index (κ2) is 8.10. The first-order valence-electron chi connectivity index (χ1n) is 9.92. The number of nitrogens with two attached hydrogens (primary N) is 1. The molecular weight excluding hydrogens is 381 g/mol. The number of aromatic nitrogens is 2. The number of nitrogens with zero attached hydrogens (tertiary/aromatic N) is 3. The van der Waals surface area contributed by atoms with Crippen molar-refractivity contribution < 1.29 is 18.0 Å². The summed E-state index contributed by atoms with van der Waals surface area (Å²) in [5.41, 5.74) is 6.76. The molecule has 1 aromatic carbocycles. The maximum atomic E-state index is 13.9. The minimum Gasteiger partial charge on any atom is -0.339 e. The van der Waals surface area contributed by atoms with Crippen LogP contribution in [0.2, 0.25) is 0 Å². The van der Waals surface area contributed by atoms with Crippen LogP contribution in [0.4, 0.5) is 13.2 Å². The van der Waals surface area contributed by atoms with E-state index in [2.05, 4.69) is 9.97 Å². The Morgan fingerprint density at radius 1 is 1.03 bits per heavy atom. The van der Waals surface area contributed by atoms with Crippen LogP contribution in [0.1, 0.15) is 53.3 Å². The summed E-state index contributed by atoms with van der Waals surface area (Å²) < 4.78 is 40.3. The first kappa shape index (κ1) is 19.8. The highest BCUT2D eigenvalue weighted by Crippen LogP contribution is 2.37. The molecule has 2 heterocycles. The highest BCUT2D eigenvalue weighted by atomic mass is 19.2. The van der Waals surface area contributed by atoms with Crippen LogP contribution in [-0.4, -0.2) is 39.9 Å². The van der Waals surface area contributed by atoms with Crippen LogP contribution < -0.4 is 5.73 Å². The quantitative estimate of drug-likeness (QED) is 0.777. The van der Waals surface area contributed by atoms with Gasteiger partial charge in [0, 0.05) is 43.5 Å². The van der Waals surface area contributed by atoms with E-state index in [1.165, 1.54) is 0 Å². The number of likely N-dealkylation sites (tertiary alicyclic amines) is 1. The Labute approximate surface area is 167 Å². The summed E-state index contributed by atoms with van der Waals surface area (Å²) in [4.78, 5) is 23.0. The standard InChI is InChI=1S/C21H23F3N4O/c22-16-9-18(24)17(23)7-14(16)8-19(25)12-3-5-28(6-4-12)21(29)15-10-26-20(27-11-15)13-1-2-13/h7,9-13,19H,1-6,8,25H2/t19-/m1/s1. The van der Waals surface area contributed by atoms with Crippen LogP contribution in [0, 0.1) is 23.4 Å². The fourth-order valence-electron chi connectivity index (χ4n) is 3.85. The predicted octanol–water partition coefficient (Wildman–Crippen LogP) is 3.19. The van der Waals surface area contributed by atoms with Gasteiger partial charge in [-0.05, 0) is 49.7 Å². The topological polar surface area (TPSA) is 72.1 Å². The molecule has 2 fully saturated rings. The lowest BCUT2D eigenvalue weighted by Crippen LogP contribution is -2.44. The Bertz CT molecular complexity index is 894. The summed E-state index contributed by atoms with van der Waals surface area (Å²) in [7, 11) is 0. The molecule has 1 saturated carbocycles. The van der Waals surface area contributed by atoms with Crippen LogP contribution in [-0.2, 0) is 6.42 Å². The van der Waals surface area contributed by atoms with Crippen molar-refractivity contribution in [3.8, 4) is 0 Å². The van der Waals surface area contributed by atoms with E-state index in [9.17, 15) is 18.0 Å². The van der Waals surface area contributed by atoms with Gasteiger partial charge in [-0.15, -0.1) is 0 Å². The lowest BCUT2D eigenvalue weighted by atomic mass is 9.86. The molecule has 154 valence electrons. The minimum absolute atomic E-state index is 0.0695. The Kier molecular flexibility index (Phi) is 5.54. The monoisotopic (exact) mass is 404 g/mol. The van der Waals surface area contributed by atoms with E-state index in [0.717, 1.165) is 24.7 Å². The number of hydrogen-bond acceptors (Lipinski definition) is 4. The van der Waals surface area contributed by atoms with E-state index in [1.54, 1.807) is 17.3 Å². The van der Waals surface area contributed by atoms with Gasteiger partial charge in [0.15, 0.2) is 11.6 Å². The third-order valence-electron chi connectivity index (χ3n) is 5.84. The van der Waals surface area contributed by atoms with E-state index in [-0.39, 0.29) is 23.8 Å². The Balaban J connectivity index is 1.32. The summed E-state index contributed by atoms with van der Waals surface area (Å²) in [5.74, 6) is -1.87. The van der Waals surface area contributed by atoms with Gasteiger partial charge < -0.3 is 10.6 Å². The maximum absolute atomic E-state index is 13.9. The predicted molar refractivity (Wildman–Crippen MR) is 101 cm³/mol. The summed E-state index contributed by atoms with van der Waals surface area (Å²) >= 11 is 0. The molecule has 0 spiro atoms. The summed E-state index contributed by atoms with van der Waals surface area (Å²) in [6.45, 7) is 1.06. The molecule has 0 radical (unpaired) electrons. The fraction of sp³-hybridized carbons (Fsp3) is 0.476. The van der Waals surface area contributed by atoms with Gasteiger partial charge >= 0.3 is 0 Å². The average molecular weight is 404 g/mol. The van der Waals surface area contributed by atoms with Crippen molar-refractivity contribution in [2.75, 3.05) is 13.1 Å². The number of halogens is 3. The molecule has 1 amide bonds. The highest BCUT2D eigenvalue weighted by Gasteiger charge is 2.29. The second-order valence-electron chi connectivity index (χ2n) is 7.96. The summed E-state index contributed by atoms with van der Waals surface area (Å²) in [6, 6.07) is 1.02. The first-order valence-corrected chi connectivity index (χ1v) is 9.92. The molecule has 2 aliphatic rings. The molecule has 5 nitrogen and oxygen atoms in total. The largest absolute Gasteiger partial charge is 0.339 e. The van der Waals surface area contributed by atoms with Crippen molar-refractivity contribution in [2.24, 2.45) is 11.7 Å². The van der Waals surface area contributed by atoms with Crippen LogP contribution in [0.25, 0.3) is 0 Å². The Morgan fingerprint density at radius 2 is 1.66 bits per heavy atom. The van der Waals surface area contributed by atoms with Gasteiger partial charge in [-0.3, -0.25) is 4.79 Å². The molecule has 1 saturated heterocycles. The first-order chi connectivity index (χ1) is 13.9. The molecule has 4 rings (SSSR count). The number of carbonyl (C=O) groups is 1. The maximum Gasteiger partial charge on any atom is 0.256 e. The number of piperidine rings is 1. The van der Waals surface area contributed by atoms with Crippen LogP contribution in [0.15, 0.2) is 24.5 Å². The Hall–Kier alpha value is -2.48. The zero-order valence-electron chi connectivity index (χ0n) is 16.0. The molecule has 1 aliphatic heterocycles. The van der Waals surface area contributed by atoms with Crippen molar-refractivity contribution >= 4 is 5.91 Å². The van der Waals surface area contributed by atoms with E-state index in [4.69, 9.17) is 5.73 Å². The van der Waals surface area contributed by atoms with Gasteiger partial charge in [0.05, 0.1) is 5.56 Å². The highest BCUT2D eigenvalue weighted by molar-refractivity contribution is 5.93. The molecule has 2 N–H and O–H groups in total. The molecule has 29 heavy (non-hydrogen) atoms. The van der Waals surface area contributed by atoms with E-state index in [1.807, 2.05) is 0 Å². The van der Waals surface area contributed by atoms with Gasteiger partial charge in [0.1, 0.15) is 11.6 Å². The third kappa shape index (κ3) is 4.42. The third-order valence-corrected chi connectivity index (χ3v) is 5.84. The average Bonchev–Trinajstić information content (AvgIpc) is 3.57. The second-order valence-corrected chi connectivity index (χ2v) is 7.96. The summed E-state index contributed by atoms with van der Waals surface area (Å²) in [6.07, 6.45) is 6.85. The number of hydrogen-bond donors (Lipinski definition) is 1. The van der Waals surface area contributed by atoms with Gasteiger partial charge in [-0.2, -0.15) is 0 Å². The Morgan fingerprint density at radius 3 is 2.28 bits per heavy atom. The fourth-order valence-corrected chi connectivity index (χ4v) is 3.85. The molecule has 1 aromatic heterocycles. The normalized spacial score (nSPS) is 18.7. The van der Waals surface area contributed by atoms with Crippen molar-refractivity contribution in [1.82, 2.24) is 14.9 Å². The smallest absolute Gasteiger partial charge is 0.256 e. The van der Waals surface area contributed by atoms with E-state index >= 15 is 0 Å². The zero-order valence-corrected chi connectivity index (χ0v) is 16.0. The lowest BCUT2D eigenvalue weighted by Gasteiger charge is -2.34. The SMILES string of the molecule is N[C@H](Cc1cc(F)c(F)cc1F)C1CCN(C(=O)c2cnc(C3CC3)nc2)CC1. The molecular formula is C21H23F3N4O. The zero-order chi connectivity index (χ0) is 20.5. The molecule has 2 aromatic rings. The number of carbonyl (C=O) groups excluding carboxylic acids is 1. The number of amides is 1. The number of benzene rings is 1. The van der Waals surface area contributed by atoms with Crippen molar-refractivity contribution in [3.63, 3.8) is 0 Å². The van der Waals surface area contributed by atoms with Crippen LogP contribution in [0.3, 0.4) is 0 Å². The van der Waals surface area contributed by atoms with Crippen LogP contribution in [0.5, 0.6) is 0 Å². The summed E-state index contributed by atoms with van der Waals surface area (Å²) in [5, 5.41) is 0. The van der Waals surface area contributed by atoms with Crippen LogP contribution >= 0.6 is 0 Å². The molecule has 0 unspecified atom stereocenters. The number of rotatable bonds is 5. The van der Waals surface area contributed by atoms with Gasteiger partial charge in [-0.25, -0.2) is 23.1 Å². The molecule has 1 aliphatic carbocycles. The van der Waals surface area contributed by atoms with Crippen molar-refractivity contribution in [1.29, 1.82) is 0 Å². The van der Waals surface area contributed by atoms with Crippen molar-refractivity contribution in [3.05, 3.63) is 58.9 Å². The molecule has 0 bridgehead atoms. The van der Waals surface area contributed by atoms with E-state index < -0.39 is 23.5 Å². The van der Waals surface area contributed by atoms with Gasteiger partial charge in [-0.1, -0.05) is 0 Å². The lowest BCUT2D eigenvalue weighted by molar-refractivity contribution is 0.0677. The minimum atomic E-state index is -1.21. The van der Waals surface area contributed by atoms with E-state index in [0.29, 0.717) is 43.5 Å². The molecule has 1 atom stereocenters. The molecule has 8 heteroatoms. The van der Waals surface area contributed by atoms with Crippen molar-refractivity contribution in [2.45, 2.75) is 44.1 Å².